The summed E-state index contributed by atoms with van der Waals surface area (Å²) in [5.41, 5.74) is -1.03. The molecule has 1 aromatic heterocycles. The van der Waals surface area contributed by atoms with Crippen LogP contribution >= 0.6 is 11.6 Å². The van der Waals surface area contributed by atoms with Crippen LogP contribution in [0.5, 0.6) is 0 Å². The zero-order valence-corrected chi connectivity index (χ0v) is 9.99. The second-order valence-electron chi connectivity index (χ2n) is 4.30. The molecule has 2 rings (SSSR count). The monoisotopic (exact) mass is 260 g/mol. The smallest absolute Gasteiger partial charge is 0.150 e. The van der Waals surface area contributed by atoms with Crippen LogP contribution in [0.1, 0.15) is 12.8 Å². The summed E-state index contributed by atoms with van der Waals surface area (Å²) in [4.78, 5) is 5.86. The van der Waals surface area contributed by atoms with E-state index in [9.17, 15) is 9.50 Å². The van der Waals surface area contributed by atoms with E-state index in [1.807, 2.05) is 4.90 Å². The Hall–Kier alpha value is -0.910. The van der Waals surface area contributed by atoms with E-state index in [1.54, 1.807) is 0 Å². The van der Waals surface area contributed by atoms with Crippen molar-refractivity contribution < 1.29 is 14.6 Å². The Bertz CT molecular complexity index is 408. The Morgan fingerprint density at radius 3 is 2.71 bits per heavy atom. The number of rotatable bonds is 2. The van der Waals surface area contributed by atoms with Crippen LogP contribution in [0.15, 0.2) is 12.3 Å². The van der Waals surface area contributed by atoms with Crippen LogP contribution in [0, 0.1) is 5.82 Å². The third-order valence-electron chi connectivity index (χ3n) is 3.11. The fourth-order valence-corrected chi connectivity index (χ4v) is 2.15. The summed E-state index contributed by atoms with van der Waals surface area (Å²) >= 11 is 5.84. The van der Waals surface area contributed by atoms with Crippen LogP contribution in [0.4, 0.5) is 10.2 Å². The van der Waals surface area contributed by atoms with Gasteiger partial charge in [-0.1, -0.05) is 11.6 Å². The van der Waals surface area contributed by atoms with Crippen molar-refractivity contribution in [2.24, 2.45) is 0 Å². The first-order valence-electron chi connectivity index (χ1n) is 5.44. The Morgan fingerprint density at radius 2 is 2.12 bits per heavy atom. The van der Waals surface area contributed by atoms with Gasteiger partial charge < -0.3 is 15.1 Å². The van der Waals surface area contributed by atoms with Crippen molar-refractivity contribution in [2.45, 2.75) is 18.4 Å². The summed E-state index contributed by atoms with van der Waals surface area (Å²) in [5.74, 6) is -0.105. The van der Waals surface area contributed by atoms with Gasteiger partial charge in [0, 0.05) is 19.3 Å². The molecule has 0 unspecified atom stereocenters. The fraction of sp³-hybridized carbons (Fsp3) is 0.545. The van der Waals surface area contributed by atoms with Crippen LogP contribution in [0.25, 0.3) is 0 Å². The highest BCUT2D eigenvalue weighted by atomic mass is 35.5. The Labute approximate surface area is 104 Å². The molecule has 1 fully saturated rings. The summed E-state index contributed by atoms with van der Waals surface area (Å²) in [7, 11) is 0. The fourth-order valence-electron chi connectivity index (χ4n) is 1.92. The van der Waals surface area contributed by atoms with Crippen molar-refractivity contribution in [1.29, 1.82) is 0 Å². The summed E-state index contributed by atoms with van der Waals surface area (Å²) < 4.78 is 13.3. The topological polar surface area (TPSA) is 56.6 Å². The zero-order chi connectivity index (χ0) is 12.5. The van der Waals surface area contributed by atoms with Gasteiger partial charge in [0.25, 0.3) is 0 Å². The third-order valence-corrected chi connectivity index (χ3v) is 3.46. The first kappa shape index (κ1) is 12.5. The maximum Gasteiger partial charge on any atom is 0.150 e. The van der Waals surface area contributed by atoms with Gasteiger partial charge in [-0.2, -0.15) is 0 Å². The van der Waals surface area contributed by atoms with Gasteiger partial charge in [-0.15, -0.1) is 0 Å². The van der Waals surface area contributed by atoms with Crippen molar-refractivity contribution in [1.82, 2.24) is 4.98 Å². The molecule has 1 aliphatic heterocycles. The van der Waals surface area contributed by atoms with E-state index in [0.717, 1.165) is 0 Å². The summed E-state index contributed by atoms with van der Waals surface area (Å²) in [6.45, 7) is 0.728. The highest BCUT2D eigenvalue weighted by Gasteiger charge is 2.32. The van der Waals surface area contributed by atoms with Crippen molar-refractivity contribution in [3.8, 4) is 0 Å². The highest BCUT2D eigenvalue weighted by molar-refractivity contribution is 6.33. The number of piperidine rings is 1. The second kappa shape index (κ2) is 4.76. The molecule has 2 heterocycles. The highest BCUT2D eigenvalue weighted by Crippen LogP contribution is 2.30. The molecule has 2 N–H and O–H groups in total. The summed E-state index contributed by atoms with van der Waals surface area (Å²) in [6.07, 6.45) is 2.19. The molecular weight excluding hydrogens is 247 g/mol. The minimum absolute atomic E-state index is 0.00179. The Morgan fingerprint density at radius 1 is 1.47 bits per heavy atom. The molecule has 1 aliphatic rings. The molecule has 0 aromatic carbocycles. The first-order chi connectivity index (χ1) is 8.06. The lowest BCUT2D eigenvalue weighted by Crippen LogP contribution is -2.47. The van der Waals surface area contributed by atoms with E-state index in [-0.39, 0.29) is 11.6 Å². The number of aliphatic hydroxyl groups is 2. The minimum Gasteiger partial charge on any atom is -0.393 e. The first-order valence-corrected chi connectivity index (χ1v) is 5.82. The van der Waals surface area contributed by atoms with Gasteiger partial charge in [-0.05, 0) is 18.9 Å². The lowest BCUT2D eigenvalue weighted by molar-refractivity contribution is -0.0326. The maximum atomic E-state index is 13.3. The normalized spacial score (nSPS) is 19.4. The molecule has 6 heteroatoms. The maximum absolute atomic E-state index is 13.3. The predicted molar refractivity (Wildman–Crippen MR) is 62.7 cm³/mol. The quantitative estimate of drug-likeness (QED) is 0.839. The van der Waals surface area contributed by atoms with Crippen LogP contribution < -0.4 is 4.90 Å². The molecule has 17 heavy (non-hydrogen) atoms. The lowest BCUT2D eigenvalue weighted by atomic mass is 9.92. The molecule has 0 bridgehead atoms. The molecule has 0 amide bonds. The summed E-state index contributed by atoms with van der Waals surface area (Å²) in [5, 5.41) is 18.9. The SMILES string of the molecule is OCC1(O)CCN(c2nccc(F)c2Cl)CC1. The van der Waals surface area contributed by atoms with E-state index >= 15 is 0 Å². The molecule has 0 aliphatic carbocycles. The number of hydrogen-bond donors (Lipinski definition) is 2. The van der Waals surface area contributed by atoms with E-state index in [4.69, 9.17) is 16.7 Å². The van der Waals surface area contributed by atoms with Crippen molar-refractivity contribution in [3.63, 3.8) is 0 Å². The number of halogens is 2. The second-order valence-corrected chi connectivity index (χ2v) is 4.68. The van der Waals surface area contributed by atoms with E-state index in [2.05, 4.69) is 4.98 Å². The van der Waals surface area contributed by atoms with Gasteiger partial charge in [0.2, 0.25) is 0 Å². The molecule has 1 saturated heterocycles. The Kier molecular flexibility index (Phi) is 3.51. The average Bonchev–Trinajstić information content (AvgIpc) is 2.34. The van der Waals surface area contributed by atoms with Gasteiger partial charge in [-0.3, -0.25) is 0 Å². The summed E-state index contributed by atoms with van der Waals surface area (Å²) in [6, 6.07) is 1.21. The molecule has 4 nitrogen and oxygen atoms in total. The van der Waals surface area contributed by atoms with Crippen LogP contribution in [-0.4, -0.2) is 40.5 Å². The third kappa shape index (κ3) is 2.51. The van der Waals surface area contributed by atoms with Gasteiger partial charge in [0.1, 0.15) is 16.7 Å². The largest absolute Gasteiger partial charge is 0.393 e. The number of nitrogens with zero attached hydrogens (tertiary/aromatic N) is 2. The standard InChI is InChI=1S/C11H14ClFN2O2/c12-9-8(13)1-4-14-10(9)15-5-2-11(17,7-16)3-6-15/h1,4,16-17H,2-3,5-7H2. The number of pyridine rings is 1. The molecule has 0 spiro atoms. The average molecular weight is 261 g/mol. The van der Waals surface area contributed by atoms with Crippen LogP contribution in [0.3, 0.4) is 0 Å². The van der Waals surface area contributed by atoms with Crippen molar-refractivity contribution in [2.75, 3.05) is 24.6 Å². The zero-order valence-electron chi connectivity index (χ0n) is 9.24. The Balaban J connectivity index is 2.13. The van der Waals surface area contributed by atoms with Gasteiger partial charge in [-0.25, -0.2) is 9.37 Å². The molecule has 0 radical (unpaired) electrons. The molecule has 94 valence electrons. The number of aromatic nitrogens is 1. The number of hydrogen-bond acceptors (Lipinski definition) is 4. The lowest BCUT2D eigenvalue weighted by Gasteiger charge is -2.37. The van der Waals surface area contributed by atoms with Gasteiger partial charge in [0.05, 0.1) is 12.2 Å². The predicted octanol–water partition coefficient (Wildman–Crippen LogP) is 1.20. The molecular formula is C11H14ClFN2O2. The van der Waals surface area contributed by atoms with Crippen LogP contribution in [0.2, 0.25) is 5.02 Å². The van der Waals surface area contributed by atoms with Crippen molar-refractivity contribution >= 4 is 17.4 Å². The van der Waals surface area contributed by atoms with Gasteiger partial charge in [0.15, 0.2) is 0 Å². The van der Waals surface area contributed by atoms with E-state index in [0.29, 0.717) is 31.7 Å². The number of anilines is 1. The molecule has 1 aromatic rings. The van der Waals surface area contributed by atoms with E-state index in [1.165, 1.54) is 12.3 Å². The van der Waals surface area contributed by atoms with E-state index < -0.39 is 11.4 Å². The van der Waals surface area contributed by atoms with Gasteiger partial charge >= 0.3 is 0 Å². The van der Waals surface area contributed by atoms with Crippen LogP contribution in [-0.2, 0) is 0 Å². The minimum atomic E-state index is -1.03. The van der Waals surface area contributed by atoms with Crippen molar-refractivity contribution in [3.05, 3.63) is 23.1 Å². The number of aliphatic hydroxyl groups excluding tert-OH is 1. The molecule has 0 saturated carbocycles. The molecule has 0 atom stereocenters.